The van der Waals surface area contributed by atoms with E-state index < -0.39 is 5.97 Å². The van der Waals surface area contributed by atoms with Crippen LogP contribution in [0.3, 0.4) is 0 Å². The molecule has 7 heteroatoms. The molecule has 0 bridgehead atoms. The molecule has 2 heterocycles. The molecule has 1 aliphatic heterocycles. The molecule has 1 unspecified atom stereocenters. The number of carbonyl (C=O) groups is 3. The third-order valence-electron chi connectivity index (χ3n) is 5.20. The average Bonchev–Trinajstić information content (AvgIpc) is 2.69. The predicted molar refractivity (Wildman–Crippen MR) is 103 cm³/mol. The quantitative estimate of drug-likeness (QED) is 0.848. The van der Waals surface area contributed by atoms with Gasteiger partial charge in [-0.05, 0) is 42.7 Å². The minimum atomic E-state index is -1.11. The Labute approximate surface area is 166 Å². The lowest BCUT2D eigenvalue weighted by molar-refractivity contribution is -0.119. The molecule has 1 aliphatic carbocycles. The molecule has 0 saturated heterocycles. The van der Waals surface area contributed by atoms with Crippen LogP contribution in [0.4, 0.5) is 5.69 Å². The second-order valence-electron chi connectivity index (χ2n) is 6.88. The zero-order chi connectivity index (χ0) is 19.8. The summed E-state index contributed by atoms with van der Waals surface area (Å²) in [6.07, 6.45) is 5.05. The Hall–Kier alpha value is -2.99. The molecule has 4 rings (SSSR count). The van der Waals surface area contributed by atoms with E-state index in [4.69, 9.17) is 11.6 Å². The van der Waals surface area contributed by atoms with Crippen molar-refractivity contribution in [2.75, 3.05) is 4.90 Å². The van der Waals surface area contributed by atoms with Crippen LogP contribution >= 0.6 is 11.6 Å². The Kier molecular flexibility index (Phi) is 4.73. The zero-order valence-electron chi connectivity index (χ0n) is 14.9. The van der Waals surface area contributed by atoms with Gasteiger partial charge in [-0.2, -0.15) is 0 Å². The van der Waals surface area contributed by atoms with E-state index in [9.17, 15) is 19.5 Å². The van der Waals surface area contributed by atoms with Crippen molar-refractivity contribution in [2.45, 2.75) is 31.6 Å². The van der Waals surface area contributed by atoms with E-state index in [1.807, 2.05) is 6.07 Å². The highest BCUT2D eigenvalue weighted by atomic mass is 35.5. The number of nitrogens with zero attached hydrogens (tertiary/aromatic N) is 2. The normalized spacial score (nSPS) is 19.6. The van der Waals surface area contributed by atoms with Crippen molar-refractivity contribution in [3.8, 4) is 0 Å². The molecule has 1 atom stereocenters. The monoisotopic (exact) mass is 396 g/mol. The first-order valence-electron chi connectivity index (χ1n) is 8.99. The number of allylic oxidation sites excluding steroid dienone is 2. The van der Waals surface area contributed by atoms with Gasteiger partial charge in [0.25, 0.3) is 0 Å². The Morgan fingerprint density at radius 2 is 2.04 bits per heavy atom. The molecule has 2 aromatic rings. The number of aromatic nitrogens is 1. The number of carboxylic acid groups (broad SMARTS) is 1. The first-order chi connectivity index (χ1) is 13.5. The number of aromatic carboxylic acids is 1. The fourth-order valence-electron chi connectivity index (χ4n) is 3.96. The van der Waals surface area contributed by atoms with E-state index in [0.29, 0.717) is 36.2 Å². The van der Waals surface area contributed by atoms with Crippen molar-refractivity contribution in [3.63, 3.8) is 0 Å². The molecular formula is C21H17ClN2O4. The molecule has 0 saturated carbocycles. The van der Waals surface area contributed by atoms with Crippen LogP contribution in [-0.4, -0.2) is 27.8 Å². The van der Waals surface area contributed by atoms with Crippen LogP contribution in [0.5, 0.6) is 0 Å². The highest BCUT2D eigenvalue weighted by Gasteiger charge is 2.40. The van der Waals surface area contributed by atoms with Crippen LogP contribution in [0.1, 0.15) is 47.5 Å². The molecule has 1 aromatic heterocycles. The number of carboxylic acids is 1. The van der Waals surface area contributed by atoms with Gasteiger partial charge in [-0.25, -0.2) is 4.79 Å². The first-order valence-corrected chi connectivity index (χ1v) is 9.37. The number of amides is 1. The Morgan fingerprint density at radius 1 is 1.21 bits per heavy atom. The Balaban J connectivity index is 1.89. The summed E-state index contributed by atoms with van der Waals surface area (Å²) >= 11 is 6.32. The molecule has 1 N–H and O–H groups in total. The van der Waals surface area contributed by atoms with Gasteiger partial charge in [0, 0.05) is 42.4 Å². The lowest BCUT2D eigenvalue weighted by atomic mass is 9.77. The van der Waals surface area contributed by atoms with Crippen molar-refractivity contribution in [2.24, 2.45) is 0 Å². The van der Waals surface area contributed by atoms with Crippen molar-refractivity contribution < 1.29 is 19.5 Å². The van der Waals surface area contributed by atoms with Crippen LogP contribution in [0.15, 0.2) is 54.0 Å². The van der Waals surface area contributed by atoms with Gasteiger partial charge in [0.15, 0.2) is 5.78 Å². The Bertz CT molecular complexity index is 1020. The Morgan fingerprint density at radius 3 is 2.75 bits per heavy atom. The number of carbonyl (C=O) groups excluding carboxylic acids is 2. The summed E-state index contributed by atoms with van der Waals surface area (Å²) in [5.74, 6) is -1.66. The summed E-state index contributed by atoms with van der Waals surface area (Å²) in [6, 6.07) is 7.89. The number of benzene rings is 1. The summed E-state index contributed by atoms with van der Waals surface area (Å²) in [7, 11) is 0. The number of halogens is 1. The van der Waals surface area contributed by atoms with Crippen molar-refractivity contribution in [1.82, 2.24) is 4.98 Å². The summed E-state index contributed by atoms with van der Waals surface area (Å²) < 4.78 is 0. The number of hydrogen-bond donors (Lipinski definition) is 1. The molecule has 28 heavy (non-hydrogen) atoms. The molecule has 0 fully saturated rings. The molecule has 0 spiro atoms. The van der Waals surface area contributed by atoms with Gasteiger partial charge in [0.2, 0.25) is 5.91 Å². The number of Topliss-reactive ketones (excluding diaryl/α,β-unsaturated/α-hetero) is 1. The average molecular weight is 397 g/mol. The fraction of sp³-hybridized carbons (Fsp3) is 0.238. The summed E-state index contributed by atoms with van der Waals surface area (Å²) in [6.45, 7) is 0. The van der Waals surface area contributed by atoms with E-state index >= 15 is 0 Å². The van der Waals surface area contributed by atoms with E-state index in [-0.39, 0.29) is 34.6 Å². The fourth-order valence-corrected chi connectivity index (χ4v) is 4.16. The summed E-state index contributed by atoms with van der Waals surface area (Å²) in [4.78, 5) is 42.9. The summed E-state index contributed by atoms with van der Waals surface area (Å²) in [5.41, 5.74) is 2.38. The zero-order valence-corrected chi connectivity index (χ0v) is 15.6. The van der Waals surface area contributed by atoms with Crippen LogP contribution in [0.2, 0.25) is 5.02 Å². The van der Waals surface area contributed by atoms with E-state index in [1.54, 1.807) is 18.5 Å². The molecule has 6 nitrogen and oxygen atoms in total. The SMILES string of the molecule is O=C1CCCC2=C1C(c1cccnc1)CC(=O)N2c1cc(C(=O)O)ccc1Cl. The standard InChI is InChI=1S/C21H17ClN2O4/c22-15-7-6-12(21(27)28)9-17(15)24-16-4-1-5-18(25)20(16)14(10-19(24)26)13-3-2-8-23-11-13/h2-3,6-9,11,14H,1,4-5,10H2,(H,27,28). The maximum Gasteiger partial charge on any atom is 0.335 e. The predicted octanol–water partition coefficient (Wildman–Crippen LogP) is 3.96. The van der Waals surface area contributed by atoms with Gasteiger partial charge < -0.3 is 5.11 Å². The minimum Gasteiger partial charge on any atom is -0.478 e. The van der Waals surface area contributed by atoms with Gasteiger partial charge in [-0.15, -0.1) is 0 Å². The maximum atomic E-state index is 13.1. The van der Waals surface area contributed by atoms with Gasteiger partial charge in [0.05, 0.1) is 16.3 Å². The molecule has 142 valence electrons. The molecule has 1 aromatic carbocycles. The molecule has 2 aliphatic rings. The lowest BCUT2D eigenvalue weighted by Crippen LogP contribution is -2.40. The topological polar surface area (TPSA) is 87.6 Å². The first kappa shape index (κ1) is 18.4. The molecule has 0 radical (unpaired) electrons. The van der Waals surface area contributed by atoms with Crippen LogP contribution < -0.4 is 4.90 Å². The number of anilines is 1. The highest BCUT2D eigenvalue weighted by molar-refractivity contribution is 6.34. The van der Waals surface area contributed by atoms with Gasteiger partial charge >= 0.3 is 5.97 Å². The maximum absolute atomic E-state index is 13.1. The lowest BCUT2D eigenvalue weighted by Gasteiger charge is -2.38. The highest BCUT2D eigenvalue weighted by Crippen LogP contribution is 2.44. The van der Waals surface area contributed by atoms with Gasteiger partial charge in [-0.3, -0.25) is 19.5 Å². The second-order valence-corrected chi connectivity index (χ2v) is 7.29. The smallest absolute Gasteiger partial charge is 0.335 e. The largest absolute Gasteiger partial charge is 0.478 e. The van der Waals surface area contributed by atoms with Crippen molar-refractivity contribution in [3.05, 3.63) is 70.1 Å². The van der Waals surface area contributed by atoms with E-state index in [2.05, 4.69) is 4.98 Å². The van der Waals surface area contributed by atoms with Gasteiger partial charge in [-0.1, -0.05) is 17.7 Å². The minimum absolute atomic E-state index is 0.0121. The number of rotatable bonds is 3. The number of ketones is 1. The van der Waals surface area contributed by atoms with Gasteiger partial charge in [0.1, 0.15) is 0 Å². The number of pyridine rings is 1. The number of hydrogen-bond acceptors (Lipinski definition) is 4. The second kappa shape index (κ2) is 7.20. The van der Waals surface area contributed by atoms with Crippen molar-refractivity contribution >= 4 is 34.9 Å². The van der Waals surface area contributed by atoms with Crippen LogP contribution in [0, 0.1) is 0 Å². The third-order valence-corrected chi connectivity index (χ3v) is 5.52. The van der Waals surface area contributed by atoms with E-state index in [0.717, 1.165) is 5.56 Å². The molecular weight excluding hydrogens is 380 g/mol. The summed E-state index contributed by atoms with van der Waals surface area (Å²) in [5, 5.41) is 9.58. The van der Waals surface area contributed by atoms with E-state index in [1.165, 1.54) is 23.1 Å². The molecule has 1 amide bonds. The van der Waals surface area contributed by atoms with Crippen molar-refractivity contribution in [1.29, 1.82) is 0 Å². The van der Waals surface area contributed by atoms with Crippen LogP contribution in [0.25, 0.3) is 0 Å². The third kappa shape index (κ3) is 3.10. The van der Waals surface area contributed by atoms with Crippen LogP contribution in [-0.2, 0) is 9.59 Å².